The van der Waals surface area contributed by atoms with Gasteiger partial charge in [0, 0.05) is 13.1 Å². The second-order valence-corrected chi connectivity index (χ2v) is 8.30. The molecule has 0 radical (unpaired) electrons. The average Bonchev–Trinajstić information content (AvgIpc) is 2.64. The van der Waals surface area contributed by atoms with E-state index < -0.39 is 11.0 Å². The number of hydrogen-bond donors (Lipinski definition) is 0. The Hall–Kier alpha value is -1.45. The van der Waals surface area contributed by atoms with Gasteiger partial charge in [-0.1, -0.05) is 61.7 Å². The van der Waals surface area contributed by atoms with Crippen molar-refractivity contribution in [1.29, 1.82) is 0 Å². The normalized spacial score (nSPS) is 17.1. The highest BCUT2D eigenvalue weighted by molar-refractivity contribution is 7.82. The fraction of sp³-hybridized carbons (Fsp3) is 0.429. The zero-order chi connectivity index (χ0) is 16.8. The molecule has 0 heterocycles. The van der Waals surface area contributed by atoms with E-state index in [0.717, 1.165) is 18.0 Å². The van der Waals surface area contributed by atoms with Crippen molar-refractivity contribution in [3.8, 4) is 0 Å². The van der Waals surface area contributed by atoms with Crippen LogP contribution in [0.3, 0.4) is 0 Å². The van der Waals surface area contributed by atoms with Crippen LogP contribution in [-0.2, 0) is 17.5 Å². The lowest BCUT2D eigenvalue weighted by Gasteiger charge is -2.29. The topological polar surface area (TPSA) is 20.3 Å². The first-order valence-corrected chi connectivity index (χ1v) is 10.1. The monoisotopic (exact) mass is 341 g/mol. The van der Waals surface area contributed by atoms with Gasteiger partial charge < -0.3 is 0 Å². The lowest BCUT2D eigenvalue weighted by Crippen LogP contribution is -2.32. The van der Waals surface area contributed by atoms with Gasteiger partial charge in [0.2, 0.25) is 0 Å². The lowest BCUT2D eigenvalue weighted by atomic mass is 9.89. The molecule has 2 nitrogen and oxygen atoms in total. The first-order chi connectivity index (χ1) is 11.7. The van der Waals surface area contributed by atoms with Crippen LogP contribution >= 0.6 is 0 Å². The van der Waals surface area contributed by atoms with Crippen molar-refractivity contribution in [1.82, 2.24) is 4.31 Å². The molecule has 1 aliphatic carbocycles. The van der Waals surface area contributed by atoms with Crippen molar-refractivity contribution >= 4 is 11.0 Å². The Kier molecular flexibility index (Phi) is 6.22. The van der Waals surface area contributed by atoms with Gasteiger partial charge in [-0.05, 0) is 48.9 Å². The third-order valence-electron chi connectivity index (χ3n) is 4.97. The highest BCUT2D eigenvalue weighted by Gasteiger charge is 2.22. The third kappa shape index (κ3) is 4.55. The summed E-state index contributed by atoms with van der Waals surface area (Å²) in [5.41, 5.74) is 2.55. The number of rotatable bonds is 6. The van der Waals surface area contributed by atoms with Gasteiger partial charge in [-0.3, -0.25) is 0 Å². The van der Waals surface area contributed by atoms with Crippen molar-refractivity contribution in [3.05, 3.63) is 65.7 Å². The fourth-order valence-corrected chi connectivity index (χ4v) is 4.80. The van der Waals surface area contributed by atoms with Crippen LogP contribution in [0.1, 0.15) is 43.2 Å². The molecule has 0 aromatic heterocycles. The minimum Gasteiger partial charge on any atom is -0.237 e. The SMILES string of the molecule is Cc1ccccc1CN(CC1CCCCC1)S(=O)c1ccccc1. The van der Waals surface area contributed by atoms with Gasteiger partial charge in [0.15, 0.2) is 0 Å². The van der Waals surface area contributed by atoms with Crippen molar-refractivity contribution in [2.75, 3.05) is 6.54 Å². The van der Waals surface area contributed by atoms with Crippen LogP contribution in [-0.4, -0.2) is 15.1 Å². The predicted molar refractivity (Wildman–Crippen MR) is 101 cm³/mol. The molecule has 1 saturated carbocycles. The summed E-state index contributed by atoms with van der Waals surface area (Å²) in [6, 6.07) is 18.3. The molecule has 2 aromatic carbocycles. The van der Waals surface area contributed by atoms with E-state index in [-0.39, 0.29) is 0 Å². The van der Waals surface area contributed by atoms with Gasteiger partial charge in [-0.2, -0.15) is 0 Å². The lowest BCUT2D eigenvalue weighted by molar-refractivity contribution is 0.283. The van der Waals surface area contributed by atoms with Gasteiger partial charge >= 0.3 is 0 Å². The predicted octanol–water partition coefficient (Wildman–Crippen LogP) is 5.10. The maximum Gasteiger partial charge on any atom is 0.127 e. The molecule has 24 heavy (non-hydrogen) atoms. The molecule has 3 rings (SSSR count). The largest absolute Gasteiger partial charge is 0.237 e. The Bertz CT molecular complexity index is 665. The molecule has 1 unspecified atom stereocenters. The Balaban J connectivity index is 1.80. The van der Waals surface area contributed by atoms with Gasteiger partial charge in [0.1, 0.15) is 11.0 Å². The smallest absolute Gasteiger partial charge is 0.127 e. The number of hydrogen-bond acceptors (Lipinski definition) is 1. The molecule has 1 fully saturated rings. The molecule has 0 N–H and O–H groups in total. The highest BCUT2D eigenvalue weighted by Crippen LogP contribution is 2.27. The molecule has 0 aliphatic heterocycles. The molecule has 0 spiro atoms. The minimum atomic E-state index is -1.10. The van der Waals surface area contributed by atoms with Gasteiger partial charge in [0.05, 0.1) is 4.90 Å². The second-order valence-electron chi connectivity index (χ2n) is 6.82. The summed E-state index contributed by atoms with van der Waals surface area (Å²) in [5.74, 6) is 0.676. The van der Waals surface area contributed by atoms with Crippen molar-refractivity contribution in [2.45, 2.75) is 50.5 Å². The molecule has 0 amide bonds. The van der Waals surface area contributed by atoms with E-state index in [9.17, 15) is 4.21 Å². The maximum absolute atomic E-state index is 13.2. The fourth-order valence-electron chi connectivity index (χ4n) is 3.51. The summed E-state index contributed by atoms with van der Waals surface area (Å²) in [6.07, 6.45) is 6.55. The molecule has 1 aliphatic rings. The van der Waals surface area contributed by atoms with E-state index in [1.54, 1.807) is 0 Å². The summed E-state index contributed by atoms with van der Waals surface area (Å²) in [4.78, 5) is 0.905. The second kappa shape index (κ2) is 8.59. The number of aryl methyl sites for hydroxylation is 1. The summed E-state index contributed by atoms with van der Waals surface area (Å²) < 4.78 is 15.3. The first kappa shape index (κ1) is 17.4. The first-order valence-electron chi connectivity index (χ1n) is 9.00. The van der Waals surface area contributed by atoms with Crippen molar-refractivity contribution in [3.63, 3.8) is 0 Å². The molecule has 0 saturated heterocycles. The molecule has 128 valence electrons. The standard InChI is InChI=1S/C21H27NOS/c1-18-10-8-9-13-20(18)17-22(16-19-11-4-2-5-12-19)24(23)21-14-6-3-7-15-21/h3,6-10,13-15,19H,2,4-5,11-12,16-17H2,1H3. The Labute approximate surface area is 148 Å². The van der Waals surface area contributed by atoms with Crippen LogP contribution in [0.2, 0.25) is 0 Å². The zero-order valence-corrected chi connectivity index (χ0v) is 15.3. The number of nitrogens with zero attached hydrogens (tertiary/aromatic N) is 1. The minimum absolute atomic E-state index is 0.676. The van der Waals surface area contributed by atoms with Gasteiger partial charge in [0.25, 0.3) is 0 Å². The van der Waals surface area contributed by atoms with Crippen LogP contribution in [0.15, 0.2) is 59.5 Å². The quantitative estimate of drug-likeness (QED) is 0.716. The van der Waals surface area contributed by atoms with Crippen LogP contribution in [0.25, 0.3) is 0 Å². The van der Waals surface area contributed by atoms with E-state index >= 15 is 0 Å². The number of benzene rings is 2. The average molecular weight is 342 g/mol. The zero-order valence-electron chi connectivity index (χ0n) is 14.5. The van der Waals surface area contributed by atoms with Crippen LogP contribution in [0.5, 0.6) is 0 Å². The Morgan fingerprint density at radius 2 is 1.62 bits per heavy atom. The molecular weight excluding hydrogens is 314 g/mol. The van der Waals surface area contributed by atoms with Gasteiger partial charge in [-0.15, -0.1) is 0 Å². The molecule has 1 atom stereocenters. The molecule has 0 bridgehead atoms. The van der Waals surface area contributed by atoms with Crippen molar-refractivity contribution < 1.29 is 4.21 Å². The molecular formula is C21H27NOS. The van der Waals surface area contributed by atoms with Crippen LogP contribution in [0.4, 0.5) is 0 Å². The van der Waals surface area contributed by atoms with E-state index in [1.807, 2.05) is 30.3 Å². The summed E-state index contributed by atoms with van der Waals surface area (Å²) in [5, 5.41) is 0. The maximum atomic E-state index is 13.2. The van der Waals surface area contributed by atoms with E-state index in [0.29, 0.717) is 5.92 Å². The summed E-state index contributed by atoms with van der Waals surface area (Å²) in [7, 11) is -1.10. The highest BCUT2D eigenvalue weighted by atomic mass is 32.2. The van der Waals surface area contributed by atoms with Crippen LogP contribution in [0, 0.1) is 12.8 Å². The van der Waals surface area contributed by atoms with Crippen LogP contribution < -0.4 is 0 Å². The van der Waals surface area contributed by atoms with E-state index in [4.69, 9.17) is 0 Å². The molecule has 2 aromatic rings. The Morgan fingerprint density at radius 1 is 0.958 bits per heavy atom. The van der Waals surface area contributed by atoms with E-state index in [2.05, 4.69) is 35.5 Å². The summed E-state index contributed by atoms with van der Waals surface area (Å²) in [6.45, 7) is 3.82. The third-order valence-corrected chi connectivity index (χ3v) is 6.40. The van der Waals surface area contributed by atoms with Crippen molar-refractivity contribution in [2.24, 2.45) is 5.92 Å². The Morgan fingerprint density at radius 3 is 2.33 bits per heavy atom. The van der Waals surface area contributed by atoms with Gasteiger partial charge in [-0.25, -0.2) is 8.51 Å². The summed E-state index contributed by atoms with van der Waals surface area (Å²) >= 11 is 0. The molecule has 3 heteroatoms. The van der Waals surface area contributed by atoms with E-state index in [1.165, 1.54) is 43.2 Å².